The second-order valence-electron chi connectivity index (χ2n) is 7.15. The number of carbonyl (C=O) groups excluding carboxylic acids is 1. The number of nitrogens with zero attached hydrogens (tertiary/aromatic N) is 5. The smallest absolute Gasteiger partial charge is 0.271 e. The first-order valence-corrected chi connectivity index (χ1v) is 10.0. The molecule has 0 aliphatic heterocycles. The second kappa shape index (κ2) is 8.23. The van der Waals surface area contributed by atoms with E-state index in [0.717, 1.165) is 34.4 Å². The maximum Gasteiger partial charge on any atom is 0.271 e. The highest BCUT2D eigenvalue weighted by molar-refractivity contribution is 5.92. The van der Waals surface area contributed by atoms with Gasteiger partial charge in [-0.3, -0.25) is 14.8 Å². The van der Waals surface area contributed by atoms with E-state index in [9.17, 15) is 4.79 Å². The van der Waals surface area contributed by atoms with Gasteiger partial charge < -0.3 is 9.72 Å². The Hall–Kier alpha value is -4.26. The molecule has 0 atom stereocenters. The molecule has 0 bridgehead atoms. The number of rotatable bonds is 6. The summed E-state index contributed by atoms with van der Waals surface area (Å²) < 4.78 is 3.78. The zero-order valence-corrected chi connectivity index (χ0v) is 16.7. The molecule has 0 aliphatic carbocycles. The molecule has 5 rings (SSSR count). The Balaban J connectivity index is 1.35. The van der Waals surface area contributed by atoms with E-state index in [1.807, 2.05) is 36.4 Å². The Labute approximate surface area is 179 Å². The van der Waals surface area contributed by atoms with E-state index < -0.39 is 0 Å². The molecule has 0 aromatic carbocycles. The molecule has 0 spiro atoms. The van der Waals surface area contributed by atoms with Crippen LogP contribution < -0.4 is 5.32 Å². The molecular formula is C24H20N6O. The summed E-state index contributed by atoms with van der Waals surface area (Å²) in [6.45, 7) is 0.529. The molecule has 0 fully saturated rings. The Bertz CT molecular complexity index is 1320. The van der Waals surface area contributed by atoms with Gasteiger partial charge in [-0.25, -0.2) is 4.68 Å². The first-order chi connectivity index (χ1) is 15.3. The van der Waals surface area contributed by atoms with E-state index in [1.165, 1.54) is 0 Å². The lowest BCUT2D eigenvalue weighted by Crippen LogP contribution is -2.26. The summed E-state index contributed by atoms with van der Waals surface area (Å²) in [5.74, 6) is 0.668. The van der Waals surface area contributed by atoms with Crippen molar-refractivity contribution in [3.8, 4) is 16.9 Å². The van der Waals surface area contributed by atoms with Crippen molar-refractivity contribution in [2.24, 2.45) is 0 Å². The lowest BCUT2D eigenvalue weighted by atomic mass is 10.1. The molecule has 31 heavy (non-hydrogen) atoms. The van der Waals surface area contributed by atoms with Crippen molar-refractivity contribution in [1.29, 1.82) is 0 Å². The van der Waals surface area contributed by atoms with E-state index in [2.05, 4.69) is 43.1 Å². The van der Waals surface area contributed by atoms with Crippen LogP contribution >= 0.6 is 0 Å². The Morgan fingerprint density at radius 1 is 0.903 bits per heavy atom. The van der Waals surface area contributed by atoms with Crippen LogP contribution in [0.5, 0.6) is 0 Å². The number of pyridine rings is 3. The molecule has 5 aromatic rings. The van der Waals surface area contributed by atoms with Crippen LogP contribution in [0.4, 0.5) is 0 Å². The Morgan fingerprint density at radius 3 is 2.61 bits per heavy atom. The van der Waals surface area contributed by atoms with Crippen LogP contribution in [0.3, 0.4) is 0 Å². The van der Waals surface area contributed by atoms with E-state index in [1.54, 1.807) is 41.7 Å². The third-order valence-electron chi connectivity index (χ3n) is 5.12. The number of fused-ring (bicyclic) bond motifs is 1. The number of carbonyl (C=O) groups is 1. The van der Waals surface area contributed by atoms with Crippen molar-refractivity contribution < 1.29 is 4.79 Å². The molecule has 1 N–H and O–H groups in total. The van der Waals surface area contributed by atoms with Gasteiger partial charge in [0.2, 0.25) is 0 Å². The third kappa shape index (κ3) is 3.93. The summed E-state index contributed by atoms with van der Waals surface area (Å²) in [4.78, 5) is 20.7. The van der Waals surface area contributed by atoms with Crippen molar-refractivity contribution in [3.63, 3.8) is 0 Å². The SMILES string of the molecule is O=C(NCCc1cccnc1)c1ccn(-c2ccc3ccc(-c4ccncc4)cn23)n1. The van der Waals surface area contributed by atoms with Crippen LogP contribution in [0.2, 0.25) is 0 Å². The fourth-order valence-electron chi connectivity index (χ4n) is 3.52. The predicted molar refractivity (Wildman–Crippen MR) is 118 cm³/mol. The Morgan fingerprint density at radius 2 is 1.77 bits per heavy atom. The fraction of sp³-hybridized carbons (Fsp3) is 0.0833. The number of amides is 1. The van der Waals surface area contributed by atoms with Gasteiger partial charge in [0.1, 0.15) is 5.82 Å². The van der Waals surface area contributed by atoms with Gasteiger partial charge in [-0.2, -0.15) is 5.10 Å². The maximum atomic E-state index is 12.5. The third-order valence-corrected chi connectivity index (χ3v) is 5.12. The largest absolute Gasteiger partial charge is 0.350 e. The van der Waals surface area contributed by atoms with Crippen LogP contribution in [0, 0.1) is 0 Å². The van der Waals surface area contributed by atoms with Gasteiger partial charge in [-0.05, 0) is 65.6 Å². The number of aromatic nitrogens is 5. The molecule has 5 heterocycles. The van der Waals surface area contributed by atoms with Crippen LogP contribution in [-0.4, -0.2) is 36.6 Å². The van der Waals surface area contributed by atoms with Crippen molar-refractivity contribution in [3.05, 3.63) is 103 Å². The molecule has 7 heteroatoms. The lowest BCUT2D eigenvalue weighted by molar-refractivity contribution is 0.0948. The lowest BCUT2D eigenvalue weighted by Gasteiger charge is -2.07. The molecule has 7 nitrogen and oxygen atoms in total. The maximum absolute atomic E-state index is 12.5. The average molecular weight is 408 g/mol. The van der Waals surface area contributed by atoms with Gasteiger partial charge in [0.05, 0.1) is 0 Å². The first kappa shape index (κ1) is 18.7. The fourth-order valence-corrected chi connectivity index (χ4v) is 3.52. The quantitative estimate of drug-likeness (QED) is 0.466. The van der Waals surface area contributed by atoms with Gasteiger partial charge >= 0.3 is 0 Å². The molecule has 1 amide bonds. The van der Waals surface area contributed by atoms with Crippen LogP contribution in [0.25, 0.3) is 22.5 Å². The highest BCUT2D eigenvalue weighted by Gasteiger charge is 2.12. The van der Waals surface area contributed by atoms with E-state index >= 15 is 0 Å². The minimum absolute atomic E-state index is 0.194. The molecular weight excluding hydrogens is 388 g/mol. The number of hydrogen-bond acceptors (Lipinski definition) is 4. The van der Waals surface area contributed by atoms with Crippen LogP contribution in [0.1, 0.15) is 16.1 Å². The predicted octanol–water partition coefficient (Wildman–Crippen LogP) is 3.55. The normalized spacial score (nSPS) is 11.0. The molecule has 5 aromatic heterocycles. The standard InChI is InChI=1S/C24H20N6O/c31-24(27-14-7-18-2-1-11-26-16-18)22-10-15-30(28-22)23-6-5-21-4-3-20(17-29(21)23)19-8-12-25-13-9-19/h1-6,8-13,15-17H,7,14H2,(H,27,31). The monoisotopic (exact) mass is 408 g/mol. The summed E-state index contributed by atoms with van der Waals surface area (Å²) in [6, 6.07) is 17.7. The molecule has 0 aliphatic rings. The molecule has 0 saturated heterocycles. The van der Waals surface area contributed by atoms with Crippen LogP contribution in [-0.2, 0) is 6.42 Å². The summed E-state index contributed by atoms with van der Waals surface area (Å²) in [6.07, 6.45) is 11.7. The zero-order valence-electron chi connectivity index (χ0n) is 16.7. The topological polar surface area (TPSA) is 77.1 Å². The van der Waals surface area contributed by atoms with Gasteiger partial charge in [-0.1, -0.05) is 12.1 Å². The summed E-state index contributed by atoms with van der Waals surface area (Å²) in [5, 5.41) is 7.41. The summed E-state index contributed by atoms with van der Waals surface area (Å²) in [5.41, 5.74) is 4.67. The molecule has 152 valence electrons. The van der Waals surface area contributed by atoms with Gasteiger partial charge in [0, 0.05) is 49.2 Å². The molecule has 0 unspecified atom stereocenters. The highest BCUT2D eigenvalue weighted by Crippen LogP contribution is 2.22. The van der Waals surface area contributed by atoms with E-state index in [-0.39, 0.29) is 5.91 Å². The van der Waals surface area contributed by atoms with Crippen molar-refractivity contribution in [1.82, 2.24) is 29.5 Å². The van der Waals surface area contributed by atoms with E-state index in [4.69, 9.17) is 0 Å². The van der Waals surface area contributed by atoms with Crippen molar-refractivity contribution in [2.45, 2.75) is 6.42 Å². The second-order valence-corrected chi connectivity index (χ2v) is 7.15. The highest BCUT2D eigenvalue weighted by atomic mass is 16.1. The molecule has 0 radical (unpaired) electrons. The van der Waals surface area contributed by atoms with Crippen molar-refractivity contribution in [2.75, 3.05) is 6.54 Å². The molecule has 0 saturated carbocycles. The van der Waals surface area contributed by atoms with Gasteiger partial charge in [-0.15, -0.1) is 0 Å². The van der Waals surface area contributed by atoms with E-state index in [0.29, 0.717) is 12.2 Å². The number of nitrogens with one attached hydrogen (secondary N) is 1. The van der Waals surface area contributed by atoms with Gasteiger partial charge in [0.15, 0.2) is 5.69 Å². The minimum atomic E-state index is -0.194. The van der Waals surface area contributed by atoms with Crippen LogP contribution in [0.15, 0.2) is 91.8 Å². The zero-order chi connectivity index (χ0) is 21.0. The minimum Gasteiger partial charge on any atom is -0.350 e. The van der Waals surface area contributed by atoms with Crippen molar-refractivity contribution >= 4 is 11.4 Å². The Kier molecular flexibility index (Phi) is 4.98. The van der Waals surface area contributed by atoms with Gasteiger partial charge in [0.25, 0.3) is 5.91 Å². The summed E-state index contributed by atoms with van der Waals surface area (Å²) in [7, 11) is 0. The average Bonchev–Trinajstić information content (AvgIpc) is 3.47. The first-order valence-electron chi connectivity index (χ1n) is 10.0. The number of hydrogen-bond donors (Lipinski definition) is 1. The summed E-state index contributed by atoms with van der Waals surface area (Å²) >= 11 is 0.